The van der Waals surface area contributed by atoms with Crippen LogP contribution < -0.4 is 0 Å². The highest BCUT2D eigenvalue weighted by molar-refractivity contribution is 6.00. The van der Waals surface area contributed by atoms with Gasteiger partial charge in [0.15, 0.2) is 0 Å². The maximum Gasteiger partial charge on any atom is 0.0421 e. The van der Waals surface area contributed by atoms with Crippen LogP contribution in [0.25, 0.3) is 0 Å². The normalized spacial score (nSPS) is 22.5. The minimum atomic E-state index is 0.755. The van der Waals surface area contributed by atoms with Crippen LogP contribution in [0.15, 0.2) is 29.5 Å². The summed E-state index contributed by atoms with van der Waals surface area (Å²) < 4.78 is 0. The Hall–Kier alpha value is -1.18. The monoisotopic (exact) mass is 174 g/mol. The van der Waals surface area contributed by atoms with Crippen molar-refractivity contribution in [3.63, 3.8) is 0 Å². The highest BCUT2D eigenvalue weighted by Crippen LogP contribution is 2.16. The third-order valence-corrected chi connectivity index (χ3v) is 2.48. The topological polar surface area (TPSA) is 25.2 Å². The van der Waals surface area contributed by atoms with Crippen LogP contribution in [0.3, 0.4) is 0 Å². The molecule has 0 spiro atoms. The SMILES string of the molecule is C[C@H]1CCC(c2ccncc2)=NC1. The smallest absolute Gasteiger partial charge is 0.0421 e. The van der Waals surface area contributed by atoms with Crippen molar-refractivity contribution in [2.24, 2.45) is 10.9 Å². The second-order valence-corrected chi connectivity index (χ2v) is 3.67. The summed E-state index contributed by atoms with van der Waals surface area (Å²) in [6.45, 7) is 3.24. The molecule has 0 fully saturated rings. The van der Waals surface area contributed by atoms with Gasteiger partial charge in [0.05, 0.1) is 0 Å². The van der Waals surface area contributed by atoms with Gasteiger partial charge in [0.25, 0.3) is 0 Å². The summed E-state index contributed by atoms with van der Waals surface area (Å²) in [5.74, 6) is 0.755. The minimum Gasteiger partial charge on any atom is -0.289 e. The van der Waals surface area contributed by atoms with Gasteiger partial charge in [-0.25, -0.2) is 0 Å². The molecule has 0 N–H and O–H groups in total. The van der Waals surface area contributed by atoms with Crippen LogP contribution in [-0.2, 0) is 0 Å². The number of rotatable bonds is 1. The summed E-state index contributed by atoms with van der Waals surface area (Å²) in [7, 11) is 0. The number of pyridine rings is 1. The second kappa shape index (κ2) is 3.69. The van der Waals surface area contributed by atoms with E-state index in [1.165, 1.54) is 17.7 Å². The van der Waals surface area contributed by atoms with E-state index < -0.39 is 0 Å². The number of hydrogen-bond donors (Lipinski definition) is 0. The summed E-state index contributed by atoms with van der Waals surface area (Å²) in [6.07, 6.45) is 6.04. The fourth-order valence-electron chi connectivity index (χ4n) is 1.60. The van der Waals surface area contributed by atoms with E-state index in [0.29, 0.717) is 0 Å². The molecule has 2 heterocycles. The maximum atomic E-state index is 4.57. The Balaban J connectivity index is 2.19. The van der Waals surface area contributed by atoms with Gasteiger partial charge in [-0.2, -0.15) is 0 Å². The van der Waals surface area contributed by atoms with Crippen molar-refractivity contribution >= 4 is 5.71 Å². The summed E-state index contributed by atoms with van der Waals surface area (Å²) in [5.41, 5.74) is 2.49. The van der Waals surface area contributed by atoms with E-state index in [-0.39, 0.29) is 0 Å². The fourth-order valence-corrected chi connectivity index (χ4v) is 1.60. The fraction of sp³-hybridized carbons (Fsp3) is 0.455. The molecule has 0 saturated carbocycles. The lowest BCUT2D eigenvalue weighted by Crippen LogP contribution is -2.14. The maximum absolute atomic E-state index is 4.57. The highest BCUT2D eigenvalue weighted by atomic mass is 14.8. The molecule has 1 aromatic heterocycles. The third-order valence-electron chi connectivity index (χ3n) is 2.48. The largest absolute Gasteiger partial charge is 0.289 e. The third kappa shape index (κ3) is 1.94. The van der Waals surface area contributed by atoms with Crippen molar-refractivity contribution < 1.29 is 0 Å². The van der Waals surface area contributed by atoms with Gasteiger partial charge in [-0.1, -0.05) is 6.92 Å². The molecule has 0 aliphatic carbocycles. The quantitative estimate of drug-likeness (QED) is 0.641. The zero-order valence-electron chi connectivity index (χ0n) is 7.90. The molecular formula is C11H14N2. The van der Waals surface area contributed by atoms with Crippen LogP contribution in [0.2, 0.25) is 0 Å². The number of hydrogen-bond acceptors (Lipinski definition) is 2. The van der Waals surface area contributed by atoms with Crippen LogP contribution in [0, 0.1) is 5.92 Å². The Morgan fingerprint density at radius 3 is 2.69 bits per heavy atom. The van der Waals surface area contributed by atoms with Gasteiger partial charge in [0, 0.05) is 24.7 Å². The first-order valence-corrected chi connectivity index (χ1v) is 4.80. The summed E-state index contributed by atoms with van der Waals surface area (Å²) >= 11 is 0. The molecule has 0 unspecified atom stereocenters. The molecule has 2 nitrogen and oxygen atoms in total. The van der Waals surface area contributed by atoms with Crippen LogP contribution >= 0.6 is 0 Å². The van der Waals surface area contributed by atoms with Crippen molar-refractivity contribution in [1.82, 2.24) is 4.98 Å². The van der Waals surface area contributed by atoms with Crippen LogP contribution in [-0.4, -0.2) is 17.2 Å². The number of nitrogens with zero attached hydrogens (tertiary/aromatic N) is 2. The molecule has 0 saturated heterocycles. The molecule has 1 aliphatic heterocycles. The average Bonchev–Trinajstić information content (AvgIpc) is 2.20. The van der Waals surface area contributed by atoms with E-state index in [0.717, 1.165) is 18.9 Å². The predicted octanol–water partition coefficient (Wildman–Crippen LogP) is 2.30. The van der Waals surface area contributed by atoms with Crippen molar-refractivity contribution in [3.8, 4) is 0 Å². The van der Waals surface area contributed by atoms with Crippen molar-refractivity contribution in [3.05, 3.63) is 30.1 Å². The number of aliphatic imine (C=N–C) groups is 1. The molecule has 0 bridgehead atoms. The molecule has 0 aromatic carbocycles. The minimum absolute atomic E-state index is 0.755. The van der Waals surface area contributed by atoms with Crippen molar-refractivity contribution in [1.29, 1.82) is 0 Å². The van der Waals surface area contributed by atoms with Crippen LogP contribution in [0.5, 0.6) is 0 Å². The zero-order valence-corrected chi connectivity index (χ0v) is 7.90. The molecular weight excluding hydrogens is 160 g/mol. The Labute approximate surface area is 78.7 Å². The van der Waals surface area contributed by atoms with E-state index in [2.05, 4.69) is 16.9 Å². The lowest BCUT2D eigenvalue weighted by molar-refractivity contribution is 0.538. The van der Waals surface area contributed by atoms with Gasteiger partial charge in [0.1, 0.15) is 0 Å². The van der Waals surface area contributed by atoms with Gasteiger partial charge in [-0.15, -0.1) is 0 Å². The molecule has 0 amide bonds. The molecule has 0 radical (unpaired) electrons. The van der Waals surface area contributed by atoms with E-state index in [1.54, 1.807) is 0 Å². The lowest BCUT2D eigenvalue weighted by Gasteiger charge is -2.17. The van der Waals surface area contributed by atoms with Crippen molar-refractivity contribution in [2.45, 2.75) is 19.8 Å². The molecule has 2 heteroatoms. The van der Waals surface area contributed by atoms with Crippen molar-refractivity contribution in [2.75, 3.05) is 6.54 Å². The predicted molar refractivity (Wildman–Crippen MR) is 54.0 cm³/mol. The van der Waals surface area contributed by atoms with E-state index in [4.69, 9.17) is 0 Å². The Morgan fingerprint density at radius 2 is 2.08 bits per heavy atom. The summed E-state index contributed by atoms with van der Waals surface area (Å²) in [4.78, 5) is 8.57. The summed E-state index contributed by atoms with van der Waals surface area (Å²) in [6, 6.07) is 4.07. The van der Waals surface area contributed by atoms with Gasteiger partial charge in [-0.05, 0) is 36.5 Å². The number of aromatic nitrogens is 1. The molecule has 13 heavy (non-hydrogen) atoms. The molecule has 1 atom stereocenters. The Kier molecular flexibility index (Phi) is 2.39. The van der Waals surface area contributed by atoms with Gasteiger partial charge >= 0.3 is 0 Å². The second-order valence-electron chi connectivity index (χ2n) is 3.67. The van der Waals surface area contributed by atoms with E-state index >= 15 is 0 Å². The lowest BCUT2D eigenvalue weighted by atomic mass is 9.96. The van der Waals surface area contributed by atoms with E-state index in [9.17, 15) is 0 Å². The van der Waals surface area contributed by atoms with Crippen LogP contribution in [0.1, 0.15) is 25.3 Å². The first-order chi connectivity index (χ1) is 6.36. The Bertz CT molecular complexity index is 303. The molecule has 1 aliphatic rings. The van der Waals surface area contributed by atoms with Gasteiger partial charge in [0.2, 0.25) is 0 Å². The standard InChI is InChI=1S/C11H14N2/c1-9-2-3-11(13-8-9)10-4-6-12-7-5-10/h4-7,9H,2-3,8H2,1H3/t9-/m0/s1. The molecule has 2 rings (SSSR count). The first kappa shape index (κ1) is 8.42. The van der Waals surface area contributed by atoms with Gasteiger partial charge < -0.3 is 0 Å². The average molecular weight is 174 g/mol. The van der Waals surface area contributed by atoms with Crippen LogP contribution in [0.4, 0.5) is 0 Å². The summed E-state index contributed by atoms with van der Waals surface area (Å²) in [5, 5.41) is 0. The van der Waals surface area contributed by atoms with E-state index in [1.807, 2.05) is 24.5 Å². The Morgan fingerprint density at radius 1 is 1.31 bits per heavy atom. The van der Waals surface area contributed by atoms with Gasteiger partial charge in [-0.3, -0.25) is 9.98 Å². The zero-order chi connectivity index (χ0) is 9.10. The highest BCUT2D eigenvalue weighted by Gasteiger charge is 2.12. The first-order valence-electron chi connectivity index (χ1n) is 4.80. The molecule has 68 valence electrons. The molecule has 1 aromatic rings.